The lowest BCUT2D eigenvalue weighted by Crippen LogP contribution is -2.36. The molecule has 0 amide bonds. The molecule has 1 aromatic carbocycles. The predicted octanol–water partition coefficient (Wildman–Crippen LogP) is 4.43. The minimum absolute atomic E-state index is 0.101. The van der Waals surface area contributed by atoms with Crippen LogP contribution >= 0.6 is 22.7 Å². The van der Waals surface area contributed by atoms with E-state index in [9.17, 15) is 5.11 Å². The van der Waals surface area contributed by atoms with E-state index in [2.05, 4.69) is 29.8 Å². The van der Waals surface area contributed by atoms with Crippen molar-refractivity contribution in [3.63, 3.8) is 0 Å². The van der Waals surface area contributed by atoms with Crippen LogP contribution < -0.4 is 5.32 Å². The van der Waals surface area contributed by atoms with Crippen LogP contribution in [0.4, 0.5) is 0 Å². The van der Waals surface area contributed by atoms with Gasteiger partial charge in [0, 0.05) is 22.4 Å². The fourth-order valence-corrected chi connectivity index (χ4v) is 3.99. The molecule has 3 rings (SSSR count). The van der Waals surface area contributed by atoms with Gasteiger partial charge in [-0.15, -0.1) is 22.7 Å². The molecule has 3 aromatic rings. The largest absolute Gasteiger partial charge is 0.383 e. The van der Waals surface area contributed by atoms with Crippen molar-refractivity contribution >= 4 is 22.7 Å². The van der Waals surface area contributed by atoms with Gasteiger partial charge in [0.15, 0.2) is 0 Å². The Labute approximate surface area is 144 Å². The molecule has 0 fully saturated rings. The average molecular weight is 345 g/mol. The molecule has 2 aromatic heterocycles. The van der Waals surface area contributed by atoms with Crippen LogP contribution in [0.25, 0.3) is 11.3 Å². The number of rotatable bonds is 6. The summed E-state index contributed by atoms with van der Waals surface area (Å²) in [5, 5.41) is 19.1. The van der Waals surface area contributed by atoms with Crippen LogP contribution in [0.3, 0.4) is 0 Å². The van der Waals surface area contributed by atoms with Gasteiger partial charge >= 0.3 is 0 Å². The molecule has 2 atom stereocenters. The first-order valence-corrected chi connectivity index (χ1v) is 9.33. The van der Waals surface area contributed by atoms with Crippen molar-refractivity contribution in [1.82, 2.24) is 10.3 Å². The predicted molar refractivity (Wildman–Crippen MR) is 97.9 cm³/mol. The summed E-state index contributed by atoms with van der Waals surface area (Å²) >= 11 is 3.22. The molecule has 0 aliphatic rings. The number of hydrogen-bond acceptors (Lipinski definition) is 5. The quantitative estimate of drug-likeness (QED) is 0.695. The van der Waals surface area contributed by atoms with Crippen LogP contribution in [0, 0.1) is 0 Å². The summed E-state index contributed by atoms with van der Waals surface area (Å²) in [6, 6.07) is 14.2. The molecule has 0 saturated heterocycles. The maximum absolute atomic E-state index is 10.6. The Kier molecular flexibility index (Phi) is 4.92. The molecular formula is C18H20N2OS2. The SMILES string of the molecule is CC(NCC(C)(O)c1cccs1)c1nc(-c2ccccc2)cs1. The Bertz CT molecular complexity index is 735. The first-order chi connectivity index (χ1) is 11.1. The van der Waals surface area contributed by atoms with Crippen LogP contribution in [-0.4, -0.2) is 16.6 Å². The summed E-state index contributed by atoms with van der Waals surface area (Å²) in [5.41, 5.74) is 1.28. The van der Waals surface area contributed by atoms with Gasteiger partial charge in [-0.05, 0) is 25.3 Å². The number of hydrogen-bond donors (Lipinski definition) is 2. The van der Waals surface area contributed by atoms with Crippen LogP contribution in [-0.2, 0) is 5.60 Å². The third-order valence-electron chi connectivity index (χ3n) is 3.77. The second-order valence-corrected chi connectivity index (χ2v) is 7.63. The molecule has 5 heteroatoms. The van der Waals surface area contributed by atoms with Gasteiger partial charge in [-0.2, -0.15) is 0 Å². The minimum Gasteiger partial charge on any atom is -0.383 e. The van der Waals surface area contributed by atoms with Gasteiger partial charge in [0.1, 0.15) is 10.6 Å². The topological polar surface area (TPSA) is 45.1 Å². The number of aliphatic hydroxyl groups is 1. The molecule has 0 aliphatic heterocycles. The number of nitrogens with zero attached hydrogens (tertiary/aromatic N) is 1. The number of thiazole rings is 1. The first-order valence-electron chi connectivity index (χ1n) is 7.57. The van der Waals surface area contributed by atoms with Gasteiger partial charge in [0.2, 0.25) is 0 Å². The van der Waals surface area contributed by atoms with E-state index in [1.807, 2.05) is 42.6 Å². The maximum atomic E-state index is 10.6. The molecule has 0 saturated carbocycles. The van der Waals surface area contributed by atoms with Crippen molar-refractivity contribution in [3.05, 3.63) is 63.1 Å². The average Bonchev–Trinajstić information content (AvgIpc) is 3.25. The highest BCUT2D eigenvalue weighted by molar-refractivity contribution is 7.10. The van der Waals surface area contributed by atoms with Crippen molar-refractivity contribution in [2.75, 3.05) is 6.54 Å². The van der Waals surface area contributed by atoms with E-state index in [1.54, 1.807) is 22.7 Å². The fraction of sp³-hybridized carbons (Fsp3) is 0.278. The molecule has 120 valence electrons. The van der Waals surface area contributed by atoms with Gasteiger partial charge in [-0.1, -0.05) is 36.4 Å². The highest BCUT2D eigenvalue weighted by atomic mass is 32.1. The Hall–Kier alpha value is -1.53. The molecule has 0 aliphatic carbocycles. The number of aromatic nitrogens is 1. The zero-order chi connectivity index (χ0) is 16.3. The Morgan fingerprint density at radius 2 is 1.96 bits per heavy atom. The van der Waals surface area contributed by atoms with Gasteiger partial charge in [0.05, 0.1) is 11.7 Å². The lowest BCUT2D eigenvalue weighted by Gasteiger charge is -2.24. The summed E-state index contributed by atoms with van der Waals surface area (Å²) in [4.78, 5) is 5.69. The molecule has 2 heterocycles. The van der Waals surface area contributed by atoms with Crippen LogP contribution in [0.1, 0.15) is 29.8 Å². The number of thiophene rings is 1. The maximum Gasteiger partial charge on any atom is 0.110 e. The third kappa shape index (κ3) is 3.87. The van der Waals surface area contributed by atoms with E-state index < -0.39 is 5.60 Å². The van der Waals surface area contributed by atoms with Gasteiger partial charge < -0.3 is 10.4 Å². The first kappa shape index (κ1) is 16.3. The highest BCUT2D eigenvalue weighted by Gasteiger charge is 2.25. The normalized spacial score (nSPS) is 15.3. The molecule has 2 N–H and O–H groups in total. The molecule has 0 bridgehead atoms. The van der Waals surface area contributed by atoms with Crippen molar-refractivity contribution in [2.24, 2.45) is 0 Å². The van der Waals surface area contributed by atoms with Crippen molar-refractivity contribution < 1.29 is 5.11 Å². The molecular weight excluding hydrogens is 324 g/mol. The van der Waals surface area contributed by atoms with Crippen molar-refractivity contribution in [2.45, 2.75) is 25.5 Å². The molecule has 23 heavy (non-hydrogen) atoms. The molecule has 2 unspecified atom stereocenters. The van der Waals surface area contributed by atoms with Gasteiger partial charge in [-0.25, -0.2) is 4.98 Å². The summed E-state index contributed by atoms with van der Waals surface area (Å²) in [7, 11) is 0. The fourth-order valence-electron chi connectivity index (χ4n) is 2.34. The van der Waals surface area contributed by atoms with E-state index in [4.69, 9.17) is 4.98 Å². The standard InChI is InChI=1S/C18H20N2OS2/c1-13(19-12-18(2,21)16-9-6-10-22-16)17-20-15(11-23-17)14-7-4-3-5-8-14/h3-11,13,19,21H,12H2,1-2H3. The van der Waals surface area contributed by atoms with E-state index in [0.29, 0.717) is 6.54 Å². The lowest BCUT2D eigenvalue weighted by molar-refractivity contribution is 0.0581. The van der Waals surface area contributed by atoms with E-state index >= 15 is 0 Å². The van der Waals surface area contributed by atoms with Gasteiger partial charge in [0.25, 0.3) is 0 Å². The van der Waals surface area contributed by atoms with Gasteiger partial charge in [-0.3, -0.25) is 0 Å². The smallest absolute Gasteiger partial charge is 0.110 e. The minimum atomic E-state index is -0.859. The number of nitrogens with one attached hydrogen (secondary N) is 1. The van der Waals surface area contributed by atoms with E-state index in [0.717, 1.165) is 21.1 Å². The summed E-state index contributed by atoms with van der Waals surface area (Å²) < 4.78 is 0. The van der Waals surface area contributed by atoms with Crippen molar-refractivity contribution in [3.8, 4) is 11.3 Å². The Morgan fingerprint density at radius 3 is 2.65 bits per heavy atom. The van der Waals surface area contributed by atoms with Crippen LogP contribution in [0.15, 0.2) is 53.2 Å². The number of benzene rings is 1. The van der Waals surface area contributed by atoms with Crippen molar-refractivity contribution in [1.29, 1.82) is 0 Å². The second-order valence-electron chi connectivity index (χ2n) is 5.79. The Balaban J connectivity index is 1.65. The van der Waals surface area contributed by atoms with E-state index in [1.165, 1.54) is 0 Å². The summed E-state index contributed by atoms with van der Waals surface area (Å²) in [6.45, 7) is 4.42. The molecule has 0 spiro atoms. The highest BCUT2D eigenvalue weighted by Crippen LogP contribution is 2.28. The van der Waals surface area contributed by atoms with E-state index in [-0.39, 0.29) is 6.04 Å². The third-order valence-corrected chi connectivity index (χ3v) is 5.92. The lowest BCUT2D eigenvalue weighted by atomic mass is 10.0. The second kappa shape index (κ2) is 6.93. The monoisotopic (exact) mass is 344 g/mol. The zero-order valence-corrected chi connectivity index (χ0v) is 14.8. The molecule has 3 nitrogen and oxygen atoms in total. The summed E-state index contributed by atoms with van der Waals surface area (Å²) in [5.74, 6) is 0. The summed E-state index contributed by atoms with van der Waals surface area (Å²) in [6.07, 6.45) is 0. The molecule has 0 radical (unpaired) electrons. The van der Waals surface area contributed by atoms with Crippen LogP contribution in [0.5, 0.6) is 0 Å². The Morgan fingerprint density at radius 1 is 1.17 bits per heavy atom. The zero-order valence-electron chi connectivity index (χ0n) is 13.2. The van der Waals surface area contributed by atoms with Crippen LogP contribution in [0.2, 0.25) is 0 Å².